The third kappa shape index (κ3) is 4.09. The van der Waals surface area contributed by atoms with Crippen molar-refractivity contribution in [3.63, 3.8) is 0 Å². The molecule has 22 heavy (non-hydrogen) atoms. The molecule has 1 atom stereocenters. The van der Waals surface area contributed by atoms with Gasteiger partial charge in [0.1, 0.15) is 0 Å². The zero-order valence-electron chi connectivity index (χ0n) is 12.4. The summed E-state index contributed by atoms with van der Waals surface area (Å²) >= 11 is 9.41. The van der Waals surface area contributed by atoms with Gasteiger partial charge in [-0.05, 0) is 36.2 Å². The molecule has 116 valence electrons. The Labute approximate surface area is 143 Å². The number of methoxy groups -OCH3 is 1. The van der Waals surface area contributed by atoms with E-state index in [1.54, 1.807) is 25.3 Å². The van der Waals surface area contributed by atoms with E-state index in [0.717, 1.165) is 15.6 Å². The van der Waals surface area contributed by atoms with Crippen molar-refractivity contribution in [2.75, 3.05) is 13.7 Å². The average molecular weight is 383 g/mol. The molecule has 5 heteroatoms. The van der Waals surface area contributed by atoms with Gasteiger partial charge < -0.3 is 10.1 Å². The Balaban J connectivity index is 2.09. The maximum absolute atomic E-state index is 12.3. The Morgan fingerprint density at radius 2 is 2.05 bits per heavy atom. The van der Waals surface area contributed by atoms with Crippen LogP contribution in [0.5, 0.6) is 0 Å². The zero-order valence-corrected chi connectivity index (χ0v) is 14.7. The van der Waals surface area contributed by atoms with Crippen LogP contribution in [0.25, 0.3) is 0 Å². The van der Waals surface area contributed by atoms with Gasteiger partial charge in [0.05, 0.1) is 16.7 Å². The van der Waals surface area contributed by atoms with E-state index in [9.17, 15) is 4.79 Å². The van der Waals surface area contributed by atoms with Crippen molar-refractivity contribution in [2.24, 2.45) is 0 Å². The highest BCUT2D eigenvalue weighted by Crippen LogP contribution is 2.22. The molecule has 0 radical (unpaired) electrons. The van der Waals surface area contributed by atoms with Crippen molar-refractivity contribution in [2.45, 2.75) is 13.0 Å². The van der Waals surface area contributed by atoms with Gasteiger partial charge in [-0.1, -0.05) is 51.8 Å². The topological polar surface area (TPSA) is 38.3 Å². The number of nitrogens with one attached hydrogen (secondary N) is 1. The lowest BCUT2D eigenvalue weighted by Crippen LogP contribution is -2.29. The van der Waals surface area contributed by atoms with Gasteiger partial charge in [-0.15, -0.1) is 0 Å². The van der Waals surface area contributed by atoms with E-state index in [-0.39, 0.29) is 12.0 Å². The molecular weight excluding hydrogens is 366 g/mol. The van der Waals surface area contributed by atoms with E-state index in [1.165, 1.54) is 0 Å². The highest BCUT2D eigenvalue weighted by molar-refractivity contribution is 9.10. The Kier molecular flexibility index (Phi) is 6.00. The Morgan fingerprint density at radius 3 is 2.73 bits per heavy atom. The molecule has 2 aromatic rings. The monoisotopic (exact) mass is 381 g/mol. The van der Waals surface area contributed by atoms with Gasteiger partial charge in [0.25, 0.3) is 5.91 Å². The van der Waals surface area contributed by atoms with Gasteiger partial charge in [-0.3, -0.25) is 4.79 Å². The second-order valence-corrected chi connectivity index (χ2v) is 6.24. The van der Waals surface area contributed by atoms with Crippen LogP contribution < -0.4 is 5.32 Å². The molecule has 0 aliphatic rings. The van der Waals surface area contributed by atoms with Crippen molar-refractivity contribution >= 4 is 33.4 Å². The molecule has 1 amide bonds. The first-order chi connectivity index (χ1) is 10.5. The number of hydrogen-bond donors (Lipinski definition) is 1. The molecule has 1 unspecified atom stereocenters. The van der Waals surface area contributed by atoms with Crippen molar-refractivity contribution in [3.8, 4) is 0 Å². The molecule has 1 N–H and O–H groups in total. The molecule has 0 fully saturated rings. The van der Waals surface area contributed by atoms with E-state index < -0.39 is 0 Å². The number of halogens is 2. The minimum absolute atomic E-state index is 0.198. The molecule has 0 saturated heterocycles. The van der Waals surface area contributed by atoms with Crippen molar-refractivity contribution in [1.82, 2.24) is 5.32 Å². The maximum atomic E-state index is 12.3. The van der Waals surface area contributed by atoms with Gasteiger partial charge in [0.15, 0.2) is 0 Å². The SMILES string of the molecule is COC(CNC(=O)c1cc(Br)ccc1Cl)c1ccccc1C. The lowest BCUT2D eigenvalue weighted by Gasteiger charge is -2.18. The normalized spacial score (nSPS) is 12.0. The zero-order chi connectivity index (χ0) is 16.1. The van der Waals surface area contributed by atoms with Gasteiger partial charge in [0.2, 0.25) is 0 Å². The lowest BCUT2D eigenvalue weighted by molar-refractivity contribution is 0.0826. The number of benzene rings is 2. The fraction of sp³-hybridized carbons (Fsp3) is 0.235. The predicted molar refractivity (Wildman–Crippen MR) is 92.4 cm³/mol. The minimum Gasteiger partial charge on any atom is -0.375 e. The third-order valence-corrected chi connectivity index (χ3v) is 4.26. The van der Waals surface area contributed by atoms with Crippen LogP contribution in [-0.4, -0.2) is 19.6 Å². The Bertz CT molecular complexity index is 675. The summed E-state index contributed by atoms with van der Waals surface area (Å²) < 4.78 is 6.31. The molecule has 0 bridgehead atoms. The third-order valence-electron chi connectivity index (χ3n) is 3.44. The van der Waals surface area contributed by atoms with Gasteiger partial charge in [-0.2, -0.15) is 0 Å². The number of rotatable bonds is 5. The quantitative estimate of drug-likeness (QED) is 0.825. The van der Waals surface area contributed by atoms with Gasteiger partial charge >= 0.3 is 0 Å². The van der Waals surface area contributed by atoms with Crippen LogP contribution in [-0.2, 0) is 4.74 Å². The summed E-state index contributed by atoms with van der Waals surface area (Å²) in [5.74, 6) is -0.220. The van der Waals surface area contributed by atoms with Crippen LogP contribution in [0, 0.1) is 6.92 Å². The van der Waals surface area contributed by atoms with E-state index in [2.05, 4.69) is 21.2 Å². The number of hydrogen-bond acceptors (Lipinski definition) is 2. The first kappa shape index (κ1) is 17.0. The second kappa shape index (κ2) is 7.77. The molecule has 0 aromatic heterocycles. The largest absolute Gasteiger partial charge is 0.375 e. The summed E-state index contributed by atoms with van der Waals surface area (Å²) in [7, 11) is 1.63. The number of carbonyl (C=O) groups is 1. The summed E-state index contributed by atoms with van der Waals surface area (Å²) in [5, 5.41) is 3.30. The highest BCUT2D eigenvalue weighted by atomic mass is 79.9. The van der Waals surface area contributed by atoms with Crippen LogP contribution in [0.4, 0.5) is 0 Å². The molecule has 3 nitrogen and oxygen atoms in total. The van der Waals surface area contributed by atoms with Gasteiger partial charge in [-0.25, -0.2) is 0 Å². The lowest BCUT2D eigenvalue weighted by atomic mass is 10.0. The van der Waals surface area contributed by atoms with Crippen molar-refractivity contribution < 1.29 is 9.53 Å². The molecule has 0 heterocycles. The van der Waals surface area contributed by atoms with E-state index in [1.807, 2.05) is 31.2 Å². The molecule has 0 aliphatic carbocycles. The Hall–Kier alpha value is -1.36. The summed E-state index contributed by atoms with van der Waals surface area (Å²) in [6.45, 7) is 2.40. The highest BCUT2D eigenvalue weighted by Gasteiger charge is 2.16. The number of ether oxygens (including phenoxy) is 1. The second-order valence-electron chi connectivity index (χ2n) is 4.92. The van der Waals surface area contributed by atoms with E-state index in [4.69, 9.17) is 16.3 Å². The summed E-state index contributed by atoms with van der Waals surface area (Å²) in [6, 6.07) is 13.1. The fourth-order valence-electron chi connectivity index (χ4n) is 2.22. The first-order valence-corrected chi connectivity index (χ1v) is 8.01. The number of aryl methyl sites for hydroxylation is 1. The Morgan fingerprint density at radius 1 is 1.32 bits per heavy atom. The maximum Gasteiger partial charge on any atom is 0.252 e. The van der Waals surface area contributed by atoms with Crippen molar-refractivity contribution in [3.05, 3.63) is 68.7 Å². The molecule has 0 aliphatic heterocycles. The van der Waals surface area contributed by atoms with Crippen molar-refractivity contribution in [1.29, 1.82) is 0 Å². The summed E-state index contributed by atoms with van der Waals surface area (Å²) in [5.41, 5.74) is 2.63. The van der Waals surface area contributed by atoms with Crippen LogP contribution in [0.3, 0.4) is 0 Å². The molecule has 2 rings (SSSR count). The summed E-state index contributed by atoms with van der Waals surface area (Å²) in [6.07, 6.45) is -0.198. The molecule has 0 saturated carbocycles. The standard InChI is InChI=1S/C17H17BrClNO2/c1-11-5-3-4-6-13(11)16(22-2)10-20-17(21)14-9-12(18)7-8-15(14)19/h3-9,16H,10H2,1-2H3,(H,20,21). The first-order valence-electron chi connectivity index (χ1n) is 6.84. The minimum atomic E-state index is -0.220. The van der Waals surface area contributed by atoms with Crippen LogP contribution in [0.2, 0.25) is 5.02 Å². The van der Waals surface area contributed by atoms with E-state index >= 15 is 0 Å². The van der Waals surface area contributed by atoms with Crippen LogP contribution in [0.1, 0.15) is 27.6 Å². The number of amides is 1. The molecular formula is C17H17BrClNO2. The molecule has 0 spiro atoms. The average Bonchev–Trinajstić information content (AvgIpc) is 2.51. The summed E-state index contributed by atoms with van der Waals surface area (Å²) in [4.78, 5) is 12.3. The predicted octanol–water partition coefficient (Wildman–Crippen LogP) is 4.53. The van der Waals surface area contributed by atoms with E-state index in [0.29, 0.717) is 17.1 Å². The van der Waals surface area contributed by atoms with Crippen LogP contribution in [0.15, 0.2) is 46.9 Å². The molecule has 2 aromatic carbocycles. The number of carbonyl (C=O) groups excluding carboxylic acids is 1. The van der Waals surface area contributed by atoms with Gasteiger partial charge in [0, 0.05) is 18.1 Å². The smallest absolute Gasteiger partial charge is 0.252 e. The fourth-order valence-corrected chi connectivity index (χ4v) is 2.78. The van der Waals surface area contributed by atoms with Crippen LogP contribution >= 0.6 is 27.5 Å².